The number of amides is 1. The summed E-state index contributed by atoms with van der Waals surface area (Å²) in [6.45, 7) is 5.13. The van der Waals surface area contributed by atoms with E-state index in [1.165, 1.54) is 0 Å². The molecule has 0 saturated carbocycles. The van der Waals surface area contributed by atoms with Crippen molar-refractivity contribution >= 4 is 47.4 Å². The van der Waals surface area contributed by atoms with E-state index in [1.54, 1.807) is 0 Å². The number of carbonyl (C=O) groups excluding carboxylic acids is 7. The average molecular weight is 671 g/mol. The predicted octanol–water partition coefficient (Wildman–Crippen LogP) is 0.0363. The molecule has 7 atom stereocenters. The number of hydrogen-bond acceptors (Lipinski definition) is 17. The Morgan fingerprint density at radius 1 is 0.872 bits per heavy atom. The van der Waals surface area contributed by atoms with Crippen molar-refractivity contribution in [1.82, 2.24) is 5.32 Å². The zero-order valence-electron chi connectivity index (χ0n) is 26.4. The Morgan fingerprint density at radius 3 is 1.89 bits per heavy atom. The van der Waals surface area contributed by atoms with Crippen LogP contribution < -0.4 is 10.1 Å². The lowest BCUT2D eigenvalue weighted by Gasteiger charge is -2.51. The number of rotatable bonds is 13. The molecule has 1 aromatic rings. The molecule has 0 spiro atoms. The van der Waals surface area contributed by atoms with Gasteiger partial charge in [0.2, 0.25) is 12.0 Å². The van der Waals surface area contributed by atoms with Gasteiger partial charge in [0, 0.05) is 53.7 Å². The largest absolute Gasteiger partial charge is 0.464 e. The average Bonchev–Trinajstić information content (AvgIpc) is 2.95. The number of nitro benzene ring substituents is 1. The van der Waals surface area contributed by atoms with Crippen LogP contribution in [-0.4, -0.2) is 103 Å². The van der Waals surface area contributed by atoms with Crippen molar-refractivity contribution in [3.63, 3.8) is 0 Å². The van der Waals surface area contributed by atoms with Crippen LogP contribution in [0.5, 0.6) is 5.75 Å². The number of methoxy groups -OCH3 is 1. The van der Waals surface area contributed by atoms with Gasteiger partial charge >= 0.3 is 41.6 Å². The number of ether oxygens (including phenoxy) is 8. The van der Waals surface area contributed by atoms with Crippen molar-refractivity contribution in [3.8, 4) is 5.75 Å². The van der Waals surface area contributed by atoms with Gasteiger partial charge in [0.25, 0.3) is 5.69 Å². The lowest BCUT2D eigenvalue weighted by molar-refractivity contribution is -0.384. The molecule has 258 valence electrons. The van der Waals surface area contributed by atoms with Crippen molar-refractivity contribution < 1.29 is 76.4 Å². The van der Waals surface area contributed by atoms with Crippen LogP contribution in [0.25, 0.3) is 0 Å². The molecule has 19 nitrogen and oxygen atoms in total. The summed E-state index contributed by atoms with van der Waals surface area (Å²) in [6.07, 6.45) is -9.50. The molecular weight excluding hydrogens is 636 g/mol. The second-order valence-corrected chi connectivity index (χ2v) is 9.95. The molecule has 0 aromatic heterocycles. The van der Waals surface area contributed by atoms with Crippen LogP contribution in [0.1, 0.15) is 41.5 Å². The van der Waals surface area contributed by atoms with E-state index in [2.05, 4.69) is 5.32 Å². The number of non-ortho nitro benzene ring substituents is 1. The van der Waals surface area contributed by atoms with Crippen molar-refractivity contribution in [2.75, 3.05) is 13.7 Å². The van der Waals surface area contributed by atoms with Gasteiger partial charge < -0.3 is 43.2 Å². The first-order valence-electron chi connectivity index (χ1n) is 13.7. The maximum Gasteiger partial charge on any atom is 0.383 e. The first kappa shape index (κ1) is 37.9. The number of nitro groups is 1. The molecule has 0 bridgehead atoms. The monoisotopic (exact) mass is 670 g/mol. The van der Waals surface area contributed by atoms with Crippen LogP contribution in [0.2, 0.25) is 0 Å². The number of benzene rings is 1. The van der Waals surface area contributed by atoms with Crippen molar-refractivity contribution in [1.29, 1.82) is 0 Å². The van der Waals surface area contributed by atoms with E-state index in [1.807, 2.05) is 0 Å². The molecule has 47 heavy (non-hydrogen) atoms. The van der Waals surface area contributed by atoms with E-state index >= 15 is 0 Å². The van der Waals surface area contributed by atoms with E-state index in [9.17, 15) is 43.7 Å². The van der Waals surface area contributed by atoms with Gasteiger partial charge in [0.15, 0.2) is 18.3 Å². The number of esters is 6. The topological polar surface area (TPSA) is 248 Å². The Balaban J connectivity index is 2.99. The maximum absolute atomic E-state index is 13.7. The van der Waals surface area contributed by atoms with E-state index in [-0.39, 0.29) is 11.4 Å². The van der Waals surface area contributed by atoms with Gasteiger partial charge in [0.1, 0.15) is 18.5 Å². The molecule has 1 aliphatic rings. The minimum absolute atomic E-state index is 0.308. The summed E-state index contributed by atoms with van der Waals surface area (Å²) >= 11 is 0. The fourth-order valence-electron chi connectivity index (χ4n) is 4.65. The quantitative estimate of drug-likeness (QED) is 0.126. The van der Waals surface area contributed by atoms with E-state index in [0.717, 1.165) is 72.9 Å². The van der Waals surface area contributed by atoms with Gasteiger partial charge in [-0.1, -0.05) is 0 Å². The highest BCUT2D eigenvalue weighted by molar-refractivity contribution is 5.81. The fraction of sp³-hybridized carbons (Fsp3) is 0.536. The Labute approximate surface area is 267 Å². The number of nitrogens with one attached hydrogen (secondary N) is 1. The molecule has 1 aromatic carbocycles. The molecule has 0 unspecified atom stereocenters. The van der Waals surface area contributed by atoms with Crippen LogP contribution in [0, 0.1) is 10.1 Å². The van der Waals surface area contributed by atoms with Crippen LogP contribution in [-0.2, 0) is 66.7 Å². The molecular formula is C28H34N2O17. The highest BCUT2D eigenvalue weighted by atomic mass is 16.8. The normalized spacial score (nSPS) is 23.0. The minimum Gasteiger partial charge on any atom is -0.464 e. The summed E-state index contributed by atoms with van der Waals surface area (Å²) in [5.74, 6) is -10.4. The molecule has 1 aliphatic heterocycles. The van der Waals surface area contributed by atoms with Crippen molar-refractivity contribution in [3.05, 3.63) is 34.4 Å². The van der Waals surface area contributed by atoms with Gasteiger partial charge in [-0.05, 0) is 12.1 Å². The molecule has 1 saturated heterocycles. The van der Waals surface area contributed by atoms with Crippen molar-refractivity contribution in [2.45, 2.75) is 83.9 Å². The van der Waals surface area contributed by atoms with Gasteiger partial charge in [-0.3, -0.25) is 38.9 Å². The Morgan fingerprint density at radius 2 is 1.45 bits per heavy atom. The summed E-state index contributed by atoms with van der Waals surface area (Å²) in [4.78, 5) is 97.8. The molecule has 1 fully saturated rings. The predicted molar refractivity (Wildman–Crippen MR) is 150 cm³/mol. The summed E-state index contributed by atoms with van der Waals surface area (Å²) in [7, 11) is 0.888. The zero-order chi connectivity index (χ0) is 35.6. The highest BCUT2D eigenvalue weighted by Crippen LogP contribution is 2.40. The first-order chi connectivity index (χ1) is 21.9. The minimum atomic E-state index is -2.99. The fourth-order valence-corrected chi connectivity index (χ4v) is 4.65. The molecule has 1 amide bonds. The van der Waals surface area contributed by atoms with Crippen LogP contribution in [0.4, 0.5) is 5.69 Å². The molecule has 0 aliphatic carbocycles. The maximum atomic E-state index is 13.7. The van der Waals surface area contributed by atoms with Gasteiger partial charge in [-0.15, -0.1) is 0 Å². The standard InChI is InChI=1S/C28H34N2O17/c1-13(31)29-22-24(23(43-16(4)34)21(42-15(3)33)12-41-14(2)32)47-28(27(37)40-7,26(45-18(6)36)25(22)44-17(5)35)46-20-10-8-19(9-11-20)30(38)39/h8-11,21-26H,12H2,1-7H3,(H,29,31)/t21-,22+,23-,24-,25-,26-,28-/m1/s1. The number of nitrogens with zero attached hydrogens (tertiary/aromatic N) is 1. The third-order valence-corrected chi connectivity index (χ3v) is 6.20. The SMILES string of the molecule is COC(=O)[C@]1(Oc2ccc([N+](=O)[O-])cc2)O[C@@H]([C@H](OC(C)=O)[C@@H](COC(C)=O)OC(C)=O)[C@H](NC(C)=O)[C@@H](OC(C)=O)[C@H]1OC(C)=O. The van der Waals surface area contributed by atoms with E-state index in [0.29, 0.717) is 0 Å². The summed E-state index contributed by atoms with van der Waals surface area (Å²) in [5, 5.41) is 13.7. The second-order valence-electron chi connectivity index (χ2n) is 9.95. The van der Waals surface area contributed by atoms with Gasteiger partial charge in [-0.2, -0.15) is 0 Å². The molecule has 1 heterocycles. The first-order valence-corrected chi connectivity index (χ1v) is 13.7. The number of carbonyl (C=O) groups is 7. The number of hydrogen-bond donors (Lipinski definition) is 1. The molecule has 19 heteroatoms. The Hall–Kier alpha value is -5.33. The summed E-state index contributed by atoms with van der Waals surface area (Å²) < 4.78 is 43.7. The van der Waals surface area contributed by atoms with Crippen LogP contribution >= 0.6 is 0 Å². The van der Waals surface area contributed by atoms with Crippen LogP contribution in [0.15, 0.2) is 24.3 Å². The second kappa shape index (κ2) is 16.3. The molecule has 0 radical (unpaired) electrons. The van der Waals surface area contributed by atoms with Crippen LogP contribution in [0.3, 0.4) is 0 Å². The van der Waals surface area contributed by atoms with E-state index < -0.39 is 95.6 Å². The third-order valence-electron chi connectivity index (χ3n) is 6.20. The summed E-state index contributed by atoms with van der Waals surface area (Å²) in [6, 6.07) is 2.43. The van der Waals surface area contributed by atoms with Gasteiger partial charge in [0.05, 0.1) is 18.1 Å². The lowest BCUT2D eigenvalue weighted by atomic mass is 9.85. The Bertz CT molecular complexity index is 1360. The molecule has 1 N–H and O–H groups in total. The molecule has 2 rings (SSSR count). The van der Waals surface area contributed by atoms with Gasteiger partial charge in [-0.25, -0.2) is 4.79 Å². The lowest BCUT2D eigenvalue weighted by Crippen LogP contribution is -2.76. The Kier molecular flexibility index (Phi) is 13.1. The van der Waals surface area contributed by atoms with Crippen molar-refractivity contribution in [2.24, 2.45) is 0 Å². The third kappa shape index (κ3) is 10.1. The smallest absolute Gasteiger partial charge is 0.383 e. The van der Waals surface area contributed by atoms with E-state index in [4.69, 9.17) is 37.9 Å². The highest BCUT2D eigenvalue weighted by Gasteiger charge is 2.68. The summed E-state index contributed by atoms with van der Waals surface area (Å²) in [5.41, 5.74) is -0.378. The zero-order valence-corrected chi connectivity index (χ0v) is 26.4.